The molecular weight excluding hydrogens is 320 g/mol. The van der Waals surface area contributed by atoms with Crippen LogP contribution in [0.2, 0.25) is 0 Å². The molecule has 25 heavy (non-hydrogen) atoms. The van der Waals surface area contributed by atoms with Crippen molar-refractivity contribution in [2.75, 3.05) is 32.8 Å². The molecule has 4 heterocycles. The second-order valence-corrected chi connectivity index (χ2v) is 7.75. The summed E-state index contributed by atoms with van der Waals surface area (Å²) in [6.07, 6.45) is 5.08. The van der Waals surface area contributed by atoms with Crippen molar-refractivity contribution in [2.24, 2.45) is 0 Å². The van der Waals surface area contributed by atoms with E-state index in [0.29, 0.717) is 0 Å². The summed E-state index contributed by atoms with van der Waals surface area (Å²) in [7, 11) is 0. The van der Waals surface area contributed by atoms with Gasteiger partial charge >= 0.3 is 6.03 Å². The highest BCUT2D eigenvalue weighted by atomic mass is 16.5. The van der Waals surface area contributed by atoms with Gasteiger partial charge in [0.05, 0.1) is 11.3 Å². The highest BCUT2D eigenvalue weighted by Crippen LogP contribution is 2.35. The minimum Gasteiger partial charge on any atom is -0.373 e. The third-order valence-corrected chi connectivity index (χ3v) is 5.67. The lowest BCUT2D eigenvalue weighted by molar-refractivity contribution is -0.0793. The molecule has 3 aliphatic rings. The number of hydrogen-bond acceptors (Lipinski definition) is 5. The van der Waals surface area contributed by atoms with E-state index in [9.17, 15) is 4.79 Å². The standard InChI is InChI=1S/C18H28N4O3/c1-14-10-16(20-25-14)12-21-8-5-18(13-21)11-15(4-9-24-18)19-17(23)22-6-2-3-7-22/h10,15H,2-9,11-13H2,1H3,(H,19,23)/t15-,18+/m0/s1. The third-order valence-electron chi connectivity index (χ3n) is 5.67. The first-order valence-corrected chi connectivity index (χ1v) is 9.46. The first kappa shape index (κ1) is 16.8. The lowest BCUT2D eigenvalue weighted by atomic mass is 9.89. The molecule has 3 fully saturated rings. The van der Waals surface area contributed by atoms with E-state index in [-0.39, 0.29) is 17.7 Å². The molecule has 3 aliphatic heterocycles. The van der Waals surface area contributed by atoms with Gasteiger partial charge in [-0.25, -0.2) is 4.79 Å². The molecule has 7 nitrogen and oxygen atoms in total. The Bertz CT molecular complexity index is 613. The van der Waals surface area contributed by atoms with Crippen LogP contribution in [0.25, 0.3) is 0 Å². The van der Waals surface area contributed by atoms with Crippen LogP contribution in [0.15, 0.2) is 10.6 Å². The van der Waals surface area contributed by atoms with Crippen molar-refractivity contribution < 1.29 is 14.1 Å². The molecule has 4 rings (SSSR count). The molecule has 2 amide bonds. The van der Waals surface area contributed by atoms with Crippen molar-refractivity contribution in [3.05, 3.63) is 17.5 Å². The summed E-state index contributed by atoms with van der Waals surface area (Å²) < 4.78 is 11.3. The van der Waals surface area contributed by atoms with Gasteiger partial charge in [0, 0.05) is 51.4 Å². The van der Waals surface area contributed by atoms with Crippen molar-refractivity contribution in [1.82, 2.24) is 20.3 Å². The Balaban J connectivity index is 1.32. The van der Waals surface area contributed by atoms with E-state index in [2.05, 4.69) is 15.4 Å². The average Bonchev–Trinajstić information content (AvgIpc) is 3.31. The van der Waals surface area contributed by atoms with E-state index < -0.39 is 0 Å². The van der Waals surface area contributed by atoms with Gasteiger partial charge in [-0.2, -0.15) is 0 Å². The monoisotopic (exact) mass is 348 g/mol. The van der Waals surface area contributed by atoms with Crippen LogP contribution in [0.3, 0.4) is 0 Å². The maximum Gasteiger partial charge on any atom is 0.317 e. The molecule has 1 aromatic heterocycles. The Hall–Kier alpha value is -1.60. The SMILES string of the molecule is Cc1cc(CN2CC[C@@]3(C[C@@H](NC(=O)N4CCCC4)CCO3)C2)no1. The lowest BCUT2D eigenvalue weighted by Gasteiger charge is -2.39. The quantitative estimate of drug-likeness (QED) is 0.903. The predicted molar refractivity (Wildman–Crippen MR) is 92.2 cm³/mol. The summed E-state index contributed by atoms with van der Waals surface area (Å²) in [6.45, 7) is 7.12. The number of carbonyl (C=O) groups is 1. The zero-order valence-corrected chi connectivity index (χ0v) is 15.0. The average molecular weight is 348 g/mol. The second-order valence-electron chi connectivity index (χ2n) is 7.75. The number of nitrogens with one attached hydrogen (secondary N) is 1. The first-order chi connectivity index (χ1) is 12.1. The van der Waals surface area contributed by atoms with Gasteiger partial charge in [-0.1, -0.05) is 5.16 Å². The zero-order chi connectivity index (χ0) is 17.3. The fourth-order valence-electron chi connectivity index (χ4n) is 4.41. The van der Waals surface area contributed by atoms with Gasteiger partial charge in [0.15, 0.2) is 0 Å². The van der Waals surface area contributed by atoms with Crippen LogP contribution in [-0.4, -0.2) is 65.4 Å². The number of carbonyl (C=O) groups excluding carboxylic acids is 1. The summed E-state index contributed by atoms with van der Waals surface area (Å²) in [5.74, 6) is 0.850. The van der Waals surface area contributed by atoms with Gasteiger partial charge < -0.3 is 19.5 Å². The molecule has 0 saturated carbocycles. The fourth-order valence-corrected chi connectivity index (χ4v) is 4.41. The number of nitrogens with zero attached hydrogens (tertiary/aromatic N) is 3. The third kappa shape index (κ3) is 3.82. The van der Waals surface area contributed by atoms with Gasteiger partial charge in [0.2, 0.25) is 0 Å². The number of aryl methyl sites for hydroxylation is 1. The summed E-state index contributed by atoms with van der Waals surface area (Å²) in [6, 6.07) is 2.31. The summed E-state index contributed by atoms with van der Waals surface area (Å²) in [5, 5.41) is 7.33. The number of rotatable bonds is 3. The topological polar surface area (TPSA) is 70.8 Å². The molecule has 0 aliphatic carbocycles. The van der Waals surface area contributed by atoms with Crippen LogP contribution >= 0.6 is 0 Å². The highest BCUT2D eigenvalue weighted by molar-refractivity contribution is 5.74. The Kier molecular flexibility index (Phi) is 4.69. The van der Waals surface area contributed by atoms with Crippen molar-refractivity contribution >= 4 is 6.03 Å². The van der Waals surface area contributed by atoms with Gasteiger partial charge in [-0.15, -0.1) is 0 Å². The van der Waals surface area contributed by atoms with Crippen LogP contribution in [0.4, 0.5) is 4.79 Å². The molecule has 0 bridgehead atoms. The maximum absolute atomic E-state index is 12.4. The van der Waals surface area contributed by atoms with E-state index in [1.54, 1.807) is 0 Å². The minimum atomic E-state index is -0.125. The molecule has 0 aromatic carbocycles. The van der Waals surface area contributed by atoms with Crippen molar-refractivity contribution in [3.63, 3.8) is 0 Å². The zero-order valence-electron chi connectivity index (χ0n) is 15.0. The molecule has 0 radical (unpaired) electrons. The minimum absolute atomic E-state index is 0.104. The molecule has 0 unspecified atom stereocenters. The molecule has 1 aromatic rings. The van der Waals surface area contributed by atoms with Crippen LogP contribution < -0.4 is 5.32 Å². The Morgan fingerprint density at radius 3 is 3.00 bits per heavy atom. The number of aromatic nitrogens is 1. The summed E-state index contributed by atoms with van der Waals surface area (Å²) in [4.78, 5) is 16.7. The molecule has 7 heteroatoms. The predicted octanol–water partition coefficient (Wildman–Crippen LogP) is 1.91. The van der Waals surface area contributed by atoms with Gasteiger partial charge in [-0.3, -0.25) is 4.90 Å². The van der Waals surface area contributed by atoms with Crippen LogP contribution in [-0.2, 0) is 11.3 Å². The van der Waals surface area contributed by atoms with Crippen molar-refractivity contribution in [2.45, 2.75) is 57.2 Å². The molecular formula is C18H28N4O3. The van der Waals surface area contributed by atoms with Crippen molar-refractivity contribution in [1.29, 1.82) is 0 Å². The number of ether oxygens (including phenoxy) is 1. The number of hydrogen-bond donors (Lipinski definition) is 1. The van der Waals surface area contributed by atoms with Crippen LogP contribution in [0.5, 0.6) is 0 Å². The number of urea groups is 1. The van der Waals surface area contributed by atoms with E-state index in [4.69, 9.17) is 9.26 Å². The first-order valence-electron chi connectivity index (χ1n) is 9.46. The van der Waals surface area contributed by atoms with E-state index in [0.717, 1.165) is 82.9 Å². The molecule has 138 valence electrons. The molecule has 3 saturated heterocycles. The molecule has 1 spiro atoms. The Morgan fingerprint density at radius 2 is 2.24 bits per heavy atom. The molecule has 1 N–H and O–H groups in total. The fraction of sp³-hybridized carbons (Fsp3) is 0.778. The Labute approximate surface area is 148 Å². The van der Waals surface area contributed by atoms with Gasteiger partial charge in [0.1, 0.15) is 5.76 Å². The van der Waals surface area contributed by atoms with E-state index >= 15 is 0 Å². The molecule has 2 atom stereocenters. The maximum atomic E-state index is 12.4. The van der Waals surface area contributed by atoms with E-state index in [1.807, 2.05) is 17.9 Å². The van der Waals surface area contributed by atoms with Gasteiger partial charge in [-0.05, 0) is 39.0 Å². The van der Waals surface area contributed by atoms with Crippen LogP contribution in [0.1, 0.15) is 43.6 Å². The Morgan fingerprint density at radius 1 is 1.40 bits per heavy atom. The smallest absolute Gasteiger partial charge is 0.317 e. The van der Waals surface area contributed by atoms with Crippen molar-refractivity contribution in [3.8, 4) is 0 Å². The van der Waals surface area contributed by atoms with Gasteiger partial charge in [0.25, 0.3) is 0 Å². The summed E-state index contributed by atoms with van der Waals surface area (Å²) in [5.41, 5.74) is 0.851. The van der Waals surface area contributed by atoms with Crippen LogP contribution in [0, 0.1) is 6.92 Å². The normalized spacial score (nSPS) is 30.3. The largest absolute Gasteiger partial charge is 0.373 e. The lowest BCUT2D eigenvalue weighted by Crippen LogP contribution is -2.52. The number of likely N-dealkylation sites (tertiary alicyclic amines) is 2. The summed E-state index contributed by atoms with van der Waals surface area (Å²) >= 11 is 0. The van der Waals surface area contributed by atoms with E-state index in [1.165, 1.54) is 0 Å². The highest BCUT2D eigenvalue weighted by Gasteiger charge is 2.43. The number of amides is 2. The second kappa shape index (κ2) is 6.96.